The number of nitro groups is 1. The van der Waals surface area contributed by atoms with E-state index in [0.29, 0.717) is 31.4 Å². The molecule has 2 heterocycles. The average Bonchev–Trinajstić information content (AvgIpc) is 3.47. The number of hydrogen-bond acceptors (Lipinski definition) is 9. The molecule has 3 aromatic carbocycles. The lowest BCUT2D eigenvalue weighted by molar-refractivity contribution is -0.387. The van der Waals surface area contributed by atoms with Gasteiger partial charge in [-0.05, 0) is 75.9 Å². The molecule has 1 saturated heterocycles. The van der Waals surface area contributed by atoms with Crippen LogP contribution in [0.1, 0.15) is 5.56 Å². The molecule has 172 valence electrons. The highest BCUT2D eigenvalue weighted by Crippen LogP contribution is 2.36. The zero-order valence-corrected chi connectivity index (χ0v) is 19.4. The van der Waals surface area contributed by atoms with Crippen molar-refractivity contribution in [3.05, 3.63) is 99.4 Å². The van der Waals surface area contributed by atoms with E-state index in [1.807, 2.05) is 60.7 Å². The van der Waals surface area contributed by atoms with Crippen LogP contribution >= 0.6 is 23.5 Å². The van der Waals surface area contributed by atoms with Gasteiger partial charge in [-0.1, -0.05) is 42.5 Å². The zero-order valence-electron chi connectivity index (χ0n) is 17.8. The Hall–Kier alpha value is -4.29. The number of tetrazole rings is 1. The number of nitrogens with one attached hydrogen (secondary N) is 1. The molecule has 1 aliphatic heterocycles. The fraction of sp³-hybridized carbons (Fsp3) is 0. The first-order chi connectivity index (χ1) is 17.1. The van der Waals surface area contributed by atoms with Crippen LogP contribution in [-0.2, 0) is 4.79 Å². The first kappa shape index (κ1) is 22.5. The molecule has 1 amide bonds. The summed E-state index contributed by atoms with van der Waals surface area (Å²) in [6.07, 6.45) is 1.60. The normalized spacial score (nSPS) is 15.5. The molecule has 0 bridgehead atoms. The smallest absolute Gasteiger partial charge is 0.283 e. The topological polar surface area (TPSA) is 128 Å². The van der Waals surface area contributed by atoms with Gasteiger partial charge in [0, 0.05) is 6.07 Å². The second kappa shape index (κ2) is 9.91. The molecule has 10 nitrogen and oxygen atoms in total. The largest absolute Gasteiger partial charge is 0.300 e. The quantitative estimate of drug-likeness (QED) is 0.230. The Labute approximate surface area is 207 Å². The van der Waals surface area contributed by atoms with E-state index in [1.165, 1.54) is 22.5 Å². The highest BCUT2D eigenvalue weighted by molar-refractivity contribution is 8.18. The summed E-state index contributed by atoms with van der Waals surface area (Å²) >= 11 is 2.26. The minimum absolute atomic E-state index is 0.117. The van der Waals surface area contributed by atoms with Crippen molar-refractivity contribution in [3.63, 3.8) is 0 Å². The first-order valence-electron chi connectivity index (χ1n) is 10.2. The molecule has 1 aliphatic rings. The number of rotatable bonds is 6. The number of carbonyl (C=O) groups excluding carboxylic acids is 1. The number of nitrogens with zero attached hydrogens (tertiary/aromatic N) is 6. The number of carbonyl (C=O) groups is 1. The van der Waals surface area contributed by atoms with Crippen molar-refractivity contribution in [1.29, 1.82) is 0 Å². The Morgan fingerprint density at radius 3 is 2.54 bits per heavy atom. The molecular weight excluding hydrogens is 486 g/mol. The molecule has 4 aromatic rings. The van der Waals surface area contributed by atoms with Crippen LogP contribution in [0.3, 0.4) is 0 Å². The van der Waals surface area contributed by atoms with Gasteiger partial charge >= 0.3 is 0 Å². The highest BCUT2D eigenvalue weighted by Gasteiger charge is 2.25. The molecule has 0 saturated carbocycles. The van der Waals surface area contributed by atoms with Gasteiger partial charge in [-0.2, -0.15) is 4.68 Å². The molecule has 1 aromatic heterocycles. The second-order valence-electron chi connectivity index (χ2n) is 7.11. The van der Waals surface area contributed by atoms with E-state index >= 15 is 0 Å². The van der Waals surface area contributed by atoms with Crippen LogP contribution in [0.15, 0.2) is 98.8 Å². The van der Waals surface area contributed by atoms with Crippen molar-refractivity contribution in [2.24, 2.45) is 4.99 Å². The van der Waals surface area contributed by atoms with Gasteiger partial charge < -0.3 is 5.32 Å². The minimum Gasteiger partial charge on any atom is -0.300 e. The van der Waals surface area contributed by atoms with Crippen LogP contribution in [0.25, 0.3) is 11.8 Å². The number of thioether (sulfide) groups is 1. The summed E-state index contributed by atoms with van der Waals surface area (Å²) in [5.41, 5.74) is 1.85. The molecule has 0 aliphatic carbocycles. The fourth-order valence-electron chi connectivity index (χ4n) is 3.18. The fourth-order valence-corrected chi connectivity index (χ4v) is 4.90. The SMILES string of the molecule is O=C1NC(=Nc2ccccc2)S/C1=C\c1ccc(Sc2nnnn2-c2ccccc2)c([N+](=O)[O-])c1. The Morgan fingerprint density at radius 2 is 1.80 bits per heavy atom. The van der Waals surface area contributed by atoms with Gasteiger partial charge in [-0.15, -0.1) is 5.10 Å². The summed E-state index contributed by atoms with van der Waals surface area (Å²) in [6.45, 7) is 0. The van der Waals surface area contributed by atoms with E-state index in [4.69, 9.17) is 0 Å². The molecule has 0 spiro atoms. The van der Waals surface area contributed by atoms with Gasteiger partial charge in [0.2, 0.25) is 5.16 Å². The van der Waals surface area contributed by atoms with E-state index in [0.717, 1.165) is 17.4 Å². The van der Waals surface area contributed by atoms with Crippen molar-refractivity contribution in [2.45, 2.75) is 10.1 Å². The molecule has 5 rings (SSSR count). The lowest BCUT2D eigenvalue weighted by Crippen LogP contribution is -2.19. The van der Waals surface area contributed by atoms with Gasteiger partial charge in [-0.3, -0.25) is 14.9 Å². The van der Waals surface area contributed by atoms with Crippen LogP contribution in [0.5, 0.6) is 0 Å². The van der Waals surface area contributed by atoms with E-state index in [1.54, 1.807) is 18.2 Å². The Kier molecular flexibility index (Phi) is 6.37. The Morgan fingerprint density at radius 1 is 1.06 bits per heavy atom. The third kappa shape index (κ3) is 5.13. The van der Waals surface area contributed by atoms with Crippen molar-refractivity contribution in [3.8, 4) is 5.69 Å². The highest BCUT2D eigenvalue weighted by atomic mass is 32.2. The zero-order chi connectivity index (χ0) is 24.2. The lowest BCUT2D eigenvalue weighted by Gasteiger charge is -2.05. The van der Waals surface area contributed by atoms with Crippen LogP contribution < -0.4 is 5.32 Å². The monoisotopic (exact) mass is 501 g/mol. The van der Waals surface area contributed by atoms with Crippen molar-refractivity contribution in [1.82, 2.24) is 25.5 Å². The van der Waals surface area contributed by atoms with E-state index in [-0.39, 0.29) is 11.6 Å². The summed E-state index contributed by atoms with van der Waals surface area (Å²) < 4.78 is 1.51. The van der Waals surface area contributed by atoms with E-state index in [9.17, 15) is 14.9 Å². The Balaban J connectivity index is 1.41. The number of para-hydroxylation sites is 2. The molecular formula is C23H15N7O3S2. The third-order valence-electron chi connectivity index (χ3n) is 4.76. The molecule has 1 fully saturated rings. The maximum absolute atomic E-state index is 12.4. The summed E-state index contributed by atoms with van der Waals surface area (Å²) in [6, 6.07) is 23.2. The number of amidine groups is 1. The number of amides is 1. The van der Waals surface area contributed by atoms with Crippen LogP contribution in [-0.4, -0.2) is 36.2 Å². The van der Waals surface area contributed by atoms with Crippen LogP contribution in [0, 0.1) is 10.1 Å². The molecule has 1 N–H and O–H groups in total. The number of aliphatic imine (C=N–C) groups is 1. The van der Waals surface area contributed by atoms with Crippen molar-refractivity contribution >= 4 is 52.0 Å². The second-order valence-corrected chi connectivity index (χ2v) is 9.15. The van der Waals surface area contributed by atoms with Gasteiger partial charge in [0.15, 0.2) is 5.17 Å². The third-order valence-corrected chi connectivity index (χ3v) is 6.67. The van der Waals surface area contributed by atoms with Gasteiger partial charge in [-0.25, -0.2) is 4.99 Å². The first-order valence-corrected chi connectivity index (χ1v) is 11.8. The molecule has 0 unspecified atom stereocenters. The number of benzene rings is 3. The molecule has 35 heavy (non-hydrogen) atoms. The molecule has 0 radical (unpaired) electrons. The predicted molar refractivity (Wildman–Crippen MR) is 134 cm³/mol. The van der Waals surface area contributed by atoms with Crippen molar-refractivity contribution in [2.75, 3.05) is 0 Å². The number of aromatic nitrogens is 4. The van der Waals surface area contributed by atoms with Crippen LogP contribution in [0.2, 0.25) is 0 Å². The predicted octanol–water partition coefficient (Wildman–Crippen LogP) is 4.61. The van der Waals surface area contributed by atoms with Gasteiger partial charge in [0.05, 0.1) is 26.1 Å². The summed E-state index contributed by atoms with van der Waals surface area (Å²) in [7, 11) is 0. The maximum atomic E-state index is 12.4. The van der Waals surface area contributed by atoms with Gasteiger partial charge in [0.25, 0.3) is 11.6 Å². The summed E-state index contributed by atoms with van der Waals surface area (Å²) in [4.78, 5) is 28.9. The molecule has 12 heteroatoms. The summed E-state index contributed by atoms with van der Waals surface area (Å²) in [5.74, 6) is -0.312. The number of nitro benzene ring substituents is 1. The van der Waals surface area contributed by atoms with E-state index in [2.05, 4.69) is 25.8 Å². The Bertz CT molecular complexity index is 1470. The minimum atomic E-state index is -0.467. The van der Waals surface area contributed by atoms with Crippen molar-refractivity contribution < 1.29 is 9.72 Å². The lowest BCUT2D eigenvalue weighted by atomic mass is 10.2. The average molecular weight is 502 g/mol. The molecule has 0 atom stereocenters. The van der Waals surface area contributed by atoms with Gasteiger partial charge in [0.1, 0.15) is 0 Å². The van der Waals surface area contributed by atoms with E-state index < -0.39 is 4.92 Å². The summed E-state index contributed by atoms with van der Waals surface area (Å²) in [5, 5.41) is 27.1. The maximum Gasteiger partial charge on any atom is 0.283 e. The standard InChI is InChI=1S/C23H15N7O3S2/c31-21-20(34-22(25-21)24-16-7-3-1-4-8-16)14-15-11-12-19(18(13-15)30(32)33)35-23-26-27-28-29(23)17-9-5-2-6-10-17/h1-14H,(H,24,25,31)/b20-14-. The number of hydrogen-bond donors (Lipinski definition) is 1. The van der Waals surface area contributed by atoms with Crippen LogP contribution in [0.4, 0.5) is 11.4 Å².